The average molecular weight is 648 g/mol. The van der Waals surface area contributed by atoms with Crippen molar-refractivity contribution in [3.8, 4) is 5.88 Å². The standard InChI is InChI=1S/C32H46ClN5O7/c1-31(2,3)26(45-30(43)37-32(4,5)6)29(42)38-17-21(44-24-13-10-19(33)16-34-24)15-23(38)27(40)36-22(14-18-8-7-9-18)25(39)28(41)35-20-11-12-20/h10,13,16,18,20-23,26H,7-9,11-12,14-15,17H2,1-6H3,(H,35,41)(H,36,40)(H,37,43)/t21-,22+,23+,26?/m1/s1. The molecular formula is C32H46ClN5O7. The number of carbonyl (C=O) groups is 5. The number of hydrogen-bond acceptors (Lipinski definition) is 8. The van der Waals surface area contributed by atoms with Crippen molar-refractivity contribution in [2.45, 2.75) is 122 Å². The van der Waals surface area contributed by atoms with Crippen LogP contribution in [-0.2, 0) is 23.9 Å². The van der Waals surface area contributed by atoms with Crippen LogP contribution in [0.5, 0.6) is 5.88 Å². The van der Waals surface area contributed by atoms with Crippen molar-refractivity contribution in [1.82, 2.24) is 25.8 Å². The van der Waals surface area contributed by atoms with E-state index in [1.54, 1.807) is 53.7 Å². The fraction of sp³-hybridized carbons (Fsp3) is 0.688. The Hall–Kier alpha value is -3.41. The number of ketones is 1. The number of alkyl carbamates (subject to hydrolysis) is 1. The molecular weight excluding hydrogens is 602 g/mol. The number of likely N-dealkylation sites (tertiary alicyclic amines) is 1. The van der Waals surface area contributed by atoms with E-state index in [-0.39, 0.29) is 30.8 Å². The van der Waals surface area contributed by atoms with Gasteiger partial charge < -0.3 is 30.3 Å². The Labute approximate surface area is 269 Å². The van der Waals surface area contributed by atoms with Gasteiger partial charge in [0, 0.05) is 35.7 Å². The zero-order chi connectivity index (χ0) is 33.1. The Morgan fingerprint density at radius 3 is 2.27 bits per heavy atom. The van der Waals surface area contributed by atoms with Gasteiger partial charge in [0.2, 0.25) is 17.6 Å². The lowest BCUT2D eigenvalue weighted by molar-refractivity contribution is -0.151. The van der Waals surface area contributed by atoms with E-state index in [0.717, 1.165) is 32.1 Å². The Kier molecular flexibility index (Phi) is 10.7. The molecule has 0 radical (unpaired) electrons. The van der Waals surface area contributed by atoms with Crippen LogP contribution < -0.4 is 20.7 Å². The highest BCUT2D eigenvalue weighted by Gasteiger charge is 2.48. The quantitative estimate of drug-likeness (QED) is 0.308. The van der Waals surface area contributed by atoms with Crippen LogP contribution in [0.15, 0.2) is 18.3 Å². The van der Waals surface area contributed by atoms with Gasteiger partial charge in [0.1, 0.15) is 12.1 Å². The molecule has 248 valence electrons. The van der Waals surface area contributed by atoms with Crippen molar-refractivity contribution in [3.05, 3.63) is 23.4 Å². The molecule has 2 saturated carbocycles. The second kappa shape index (κ2) is 13.9. The number of carbonyl (C=O) groups excluding carboxylic acids is 5. The number of halogens is 1. The first-order valence-corrected chi connectivity index (χ1v) is 16.1. The van der Waals surface area contributed by atoms with E-state index in [1.165, 1.54) is 11.1 Å². The summed E-state index contributed by atoms with van der Waals surface area (Å²) >= 11 is 5.97. The molecule has 1 saturated heterocycles. The van der Waals surface area contributed by atoms with Gasteiger partial charge in [-0.1, -0.05) is 51.6 Å². The molecule has 4 amide bonds. The SMILES string of the molecule is CC(C)(C)NC(=O)OC(C(=O)N1C[C@H](Oc2ccc(Cl)cn2)C[C@H]1C(=O)N[C@@H](CC1CCC1)C(=O)C(=O)NC1CC1)C(C)(C)C. The van der Waals surface area contributed by atoms with E-state index in [2.05, 4.69) is 20.9 Å². The number of amides is 4. The van der Waals surface area contributed by atoms with Crippen LogP contribution in [0.1, 0.15) is 86.5 Å². The third-order valence-corrected chi connectivity index (χ3v) is 8.34. The van der Waals surface area contributed by atoms with Crippen LogP contribution in [0.25, 0.3) is 0 Å². The molecule has 2 heterocycles. The van der Waals surface area contributed by atoms with Crippen molar-refractivity contribution >= 4 is 41.2 Å². The van der Waals surface area contributed by atoms with Gasteiger partial charge in [-0.3, -0.25) is 19.2 Å². The Bertz CT molecular complexity index is 1270. The van der Waals surface area contributed by atoms with Crippen LogP contribution in [-0.4, -0.2) is 81.9 Å². The van der Waals surface area contributed by atoms with Gasteiger partial charge in [-0.15, -0.1) is 0 Å². The summed E-state index contributed by atoms with van der Waals surface area (Å²) in [6.07, 6.45) is 3.75. The molecule has 3 fully saturated rings. The molecule has 3 N–H and O–H groups in total. The summed E-state index contributed by atoms with van der Waals surface area (Å²) < 4.78 is 11.7. The minimum atomic E-state index is -1.24. The van der Waals surface area contributed by atoms with E-state index in [9.17, 15) is 24.0 Å². The molecule has 1 aliphatic heterocycles. The van der Waals surface area contributed by atoms with E-state index in [4.69, 9.17) is 21.1 Å². The van der Waals surface area contributed by atoms with E-state index >= 15 is 0 Å². The molecule has 13 heteroatoms. The van der Waals surface area contributed by atoms with E-state index in [1.807, 2.05) is 0 Å². The Morgan fingerprint density at radius 2 is 1.73 bits per heavy atom. The van der Waals surface area contributed by atoms with Crippen molar-refractivity contribution in [2.24, 2.45) is 11.3 Å². The average Bonchev–Trinajstić information content (AvgIpc) is 3.62. The van der Waals surface area contributed by atoms with Gasteiger partial charge in [0.25, 0.3) is 11.8 Å². The third-order valence-electron chi connectivity index (χ3n) is 8.11. The summed E-state index contributed by atoms with van der Waals surface area (Å²) in [6, 6.07) is 1.12. The van der Waals surface area contributed by atoms with Gasteiger partial charge >= 0.3 is 6.09 Å². The first-order valence-electron chi connectivity index (χ1n) is 15.7. The van der Waals surface area contributed by atoms with E-state index < -0.39 is 64.8 Å². The minimum Gasteiger partial charge on any atom is -0.472 e. The first kappa shape index (κ1) is 34.5. The fourth-order valence-electron chi connectivity index (χ4n) is 5.37. The number of ether oxygens (including phenoxy) is 2. The third kappa shape index (κ3) is 9.79. The molecule has 45 heavy (non-hydrogen) atoms. The lowest BCUT2D eigenvalue weighted by atomic mass is 9.80. The largest absolute Gasteiger partial charge is 0.472 e. The maximum absolute atomic E-state index is 14.2. The molecule has 1 unspecified atom stereocenters. The molecule has 3 aliphatic rings. The van der Waals surface area contributed by atoms with Gasteiger partial charge in [-0.25, -0.2) is 9.78 Å². The van der Waals surface area contributed by atoms with Crippen LogP contribution >= 0.6 is 11.6 Å². The second-order valence-corrected chi connectivity index (χ2v) is 15.0. The molecule has 1 aromatic rings. The van der Waals surface area contributed by atoms with Gasteiger partial charge in [-0.05, 0) is 52.0 Å². The molecule has 0 bridgehead atoms. The number of rotatable bonds is 11. The van der Waals surface area contributed by atoms with Crippen molar-refractivity contribution in [3.63, 3.8) is 0 Å². The summed E-state index contributed by atoms with van der Waals surface area (Å²) in [6.45, 7) is 10.7. The predicted molar refractivity (Wildman–Crippen MR) is 166 cm³/mol. The van der Waals surface area contributed by atoms with Crippen LogP contribution in [0.3, 0.4) is 0 Å². The summed E-state index contributed by atoms with van der Waals surface area (Å²) in [5.74, 6) is -2.06. The fourth-order valence-corrected chi connectivity index (χ4v) is 5.48. The summed E-state index contributed by atoms with van der Waals surface area (Å²) in [7, 11) is 0. The molecule has 2 aliphatic carbocycles. The molecule has 4 rings (SSSR count). The highest BCUT2D eigenvalue weighted by atomic mass is 35.5. The smallest absolute Gasteiger partial charge is 0.408 e. The number of nitrogens with zero attached hydrogens (tertiary/aromatic N) is 2. The van der Waals surface area contributed by atoms with Gasteiger partial charge in [-0.2, -0.15) is 0 Å². The second-order valence-electron chi connectivity index (χ2n) is 14.5. The van der Waals surface area contributed by atoms with Crippen molar-refractivity contribution in [2.75, 3.05) is 6.54 Å². The topological polar surface area (TPSA) is 156 Å². The molecule has 0 spiro atoms. The highest BCUT2D eigenvalue weighted by Crippen LogP contribution is 2.32. The summed E-state index contributed by atoms with van der Waals surface area (Å²) in [5.41, 5.74) is -1.43. The van der Waals surface area contributed by atoms with E-state index in [0.29, 0.717) is 11.4 Å². The van der Waals surface area contributed by atoms with Crippen LogP contribution in [0, 0.1) is 11.3 Å². The normalized spacial score (nSPS) is 21.6. The Balaban J connectivity index is 1.57. The lowest BCUT2D eigenvalue weighted by Crippen LogP contribution is -2.57. The number of pyridine rings is 1. The summed E-state index contributed by atoms with van der Waals surface area (Å²) in [4.78, 5) is 72.4. The number of aromatic nitrogens is 1. The first-order chi connectivity index (χ1) is 21.0. The lowest BCUT2D eigenvalue weighted by Gasteiger charge is -2.35. The maximum Gasteiger partial charge on any atom is 0.408 e. The number of hydrogen-bond donors (Lipinski definition) is 3. The van der Waals surface area contributed by atoms with Crippen LogP contribution in [0.2, 0.25) is 5.02 Å². The zero-order valence-electron chi connectivity index (χ0n) is 27.0. The van der Waals surface area contributed by atoms with Crippen molar-refractivity contribution in [1.29, 1.82) is 0 Å². The Morgan fingerprint density at radius 1 is 1.04 bits per heavy atom. The maximum atomic E-state index is 14.2. The van der Waals surface area contributed by atoms with Crippen LogP contribution in [0.4, 0.5) is 4.79 Å². The molecule has 0 aromatic carbocycles. The molecule has 12 nitrogen and oxygen atoms in total. The van der Waals surface area contributed by atoms with Crippen molar-refractivity contribution < 1.29 is 33.4 Å². The zero-order valence-corrected chi connectivity index (χ0v) is 27.7. The predicted octanol–water partition coefficient (Wildman–Crippen LogP) is 3.55. The van der Waals surface area contributed by atoms with Gasteiger partial charge in [0.15, 0.2) is 6.10 Å². The molecule has 1 aromatic heterocycles. The number of Topliss-reactive ketones (excluding diaryl/α,β-unsaturated/α-hetero) is 1. The van der Waals surface area contributed by atoms with Gasteiger partial charge in [0.05, 0.1) is 17.6 Å². The monoisotopic (exact) mass is 647 g/mol. The minimum absolute atomic E-state index is 0.00145. The summed E-state index contributed by atoms with van der Waals surface area (Å²) in [5, 5.41) is 8.67. The molecule has 4 atom stereocenters. The highest BCUT2D eigenvalue weighted by molar-refractivity contribution is 6.38. The number of nitrogens with one attached hydrogen (secondary N) is 3.